The van der Waals surface area contributed by atoms with Crippen molar-refractivity contribution in [1.82, 2.24) is 0 Å². The second-order valence-electron chi connectivity index (χ2n) is 4.16. The summed E-state index contributed by atoms with van der Waals surface area (Å²) in [6, 6.07) is 5.21. The van der Waals surface area contributed by atoms with E-state index in [0.717, 1.165) is 35.4 Å². The van der Waals surface area contributed by atoms with E-state index in [1.165, 1.54) is 19.3 Å². The molecule has 1 aliphatic carbocycles. The third-order valence-corrected chi connectivity index (χ3v) is 3.46. The molecule has 0 radical (unpaired) electrons. The summed E-state index contributed by atoms with van der Waals surface area (Å²) >= 11 is 6.31. The molecule has 0 fully saturated rings. The van der Waals surface area contributed by atoms with Crippen LogP contribution in [0, 0.1) is 0 Å². The molecular formula is C13H15ClO. The number of fused-ring (bicyclic) bond motifs is 2. The van der Waals surface area contributed by atoms with Crippen LogP contribution in [0.3, 0.4) is 0 Å². The van der Waals surface area contributed by atoms with Gasteiger partial charge in [0, 0.05) is 5.02 Å². The maximum Gasteiger partial charge on any atom is 0.178 e. The van der Waals surface area contributed by atoms with Crippen LogP contribution in [0.25, 0.3) is 0 Å². The Morgan fingerprint density at radius 1 is 0.933 bits per heavy atom. The Kier molecular flexibility index (Phi) is 3.42. The topological polar surface area (TPSA) is 17.1 Å². The highest BCUT2D eigenvalue weighted by molar-refractivity contribution is 6.32. The van der Waals surface area contributed by atoms with Gasteiger partial charge in [0.1, 0.15) is 0 Å². The third kappa shape index (κ3) is 2.60. The van der Waals surface area contributed by atoms with Crippen molar-refractivity contribution in [2.24, 2.45) is 0 Å². The molecule has 2 heteroatoms. The Bertz CT molecular complexity index is 412. The fourth-order valence-corrected chi connectivity index (χ4v) is 2.41. The standard InChI is InChI=1S/C13H15ClO/c14-13-10-5-3-1-2-4-6-11(13)9-12(15)8-7-10/h7-9H,1-6H2. The van der Waals surface area contributed by atoms with Crippen molar-refractivity contribution < 1.29 is 0 Å². The number of halogens is 1. The molecule has 80 valence electrons. The summed E-state index contributed by atoms with van der Waals surface area (Å²) in [7, 11) is 0. The van der Waals surface area contributed by atoms with Crippen LogP contribution in [0.2, 0.25) is 5.02 Å². The average Bonchev–Trinajstić information content (AvgIpc) is 2.29. The molecule has 0 saturated carbocycles. The summed E-state index contributed by atoms with van der Waals surface area (Å²) in [5.74, 6) is 0. The van der Waals surface area contributed by atoms with Gasteiger partial charge in [-0.2, -0.15) is 0 Å². The monoisotopic (exact) mass is 222 g/mol. The lowest BCUT2D eigenvalue weighted by Crippen LogP contribution is -1.94. The Hall–Kier alpha value is -0.820. The van der Waals surface area contributed by atoms with Crippen molar-refractivity contribution in [2.45, 2.75) is 38.5 Å². The molecule has 0 spiro atoms. The SMILES string of the molecule is O=c1ccc2c(Cl)c(c1)CCCCCC2. The van der Waals surface area contributed by atoms with E-state index in [-0.39, 0.29) is 5.43 Å². The summed E-state index contributed by atoms with van der Waals surface area (Å²) in [6.45, 7) is 0. The molecule has 0 N–H and O–H groups in total. The minimum Gasteiger partial charge on any atom is -0.290 e. The number of hydrogen-bond acceptors (Lipinski definition) is 1. The van der Waals surface area contributed by atoms with E-state index < -0.39 is 0 Å². The second kappa shape index (κ2) is 4.80. The lowest BCUT2D eigenvalue weighted by atomic mass is 10.1. The van der Waals surface area contributed by atoms with Gasteiger partial charge in [0.05, 0.1) is 0 Å². The van der Waals surface area contributed by atoms with Crippen LogP contribution < -0.4 is 5.43 Å². The highest BCUT2D eigenvalue weighted by Gasteiger charge is 2.08. The fourth-order valence-electron chi connectivity index (χ4n) is 2.10. The molecule has 0 aromatic heterocycles. The van der Waals surface area contributed by atoms with E-state index >= 15 is 0 Å². The molecule has 0 saturated heterocycles. The Labute approximate surface area is 95.1 Å². The smallest absolute Gasteiger partial charge is 0.178 e. The first-order chi connectivity index (χ1) is 7.27. The first-order valence-corrected chi connectivity index (χ1v) is 5.97. The molecule has 2 bridgehead atoms. The van der Waals surface area contributed by atoms with Crippen LogP contribution in [-0.2, 0) is 12.8 Å². The van der Waals surface area contributed by atoms with Crippen molar-refractivity contribution in [3.8, 4) is 0 Å². The van der Waals surface area contributed by atoms with Crippen molar-refractivity contribution in [1.29, 1.82) is 0 Å². The van der Waals surface area contributed by atoms with Gasteiger partial charge in [-0.15, -0.1) is 0 Å². The van der Waals surface area contributed by atoms with Gasteiger partial charge in [0.15, 0.2) is 5.43 Å². The van der Waals surface area contributed by atoms with Gasteiger partial charge in [-0.25, -0.2) is 0 Å². The molecule has 0 amide bonds. The first-order valence-electron chi connectivity index (χ1n) is 5.59. The van der Waals surface area contributed by atoms with Gasteiger partial charge < -0.3 is 0 Å². The Balaban J connectivity index is 2.53. The van der Waals surface area contributed by atoms with Gasteiger partial charge in [0.25, 0.3) is 0 Å². The number of hydrogen-bond donors (Lipinski definition) is 0. The quantitative estimate of drug-likeness (QED) is 0.658. The second-order valence-corrected chi connectivity index (χ2v) is 4.54. The normalized spacial score (nSPS) is 16.3. The molecule has 1 nitrogen and oxygen atoms in total. The van der Waals surface area contributed by atoms with Crippen LogP contribution >= 0.6 is 11.6 Å². The zero-order valence-electron chi connectivity index (χ0n) is 8.76. The van der Waals surface area contributed by atoms with Gasteiger partial charge in [-0.05, 0) is 48.9 Å². The van der Waals surface area contributed by atoms with Gasteiger partial charge in [0.2, 0.25) is 0 Å². The van der Waals surface area contributed by atoms with E-state index in [1.54, 1.807) is 12.1 Å². The Morgan fingerprint density at radius 3 is 2.33 bits per heavy atom. The molecule has 2 rings (SSSR count). The van der Waals surface area contributed by atoms with E-state index in [1.807, 2.05) is 6.07 Å². The van der Waals surface area contributed by atoms with Gasteiger partial charge >= 0.3 is 0 Å². The minimum absolute atomic E-state index is 0.0683. The van der Waals surface area contributed by atoms with Crippen LogP contribution in [0.5, 0.6) is 0 Å². The van der Waals surface area contributed by atoms with Crippen molar-refractivity contribution in [3.05, 3.63) is 44.6 Å². The third-order valence-electron chi connectivity index (χ3n) is 2.97. The summed E-state index contributed by atoms with van der Waals surface area (Å²) < 4.78 is 0. The Morgan fingerprint density at radius 2 is 1.60 bits per heavy atom. The van der Waals surface area contributed by atoms with Crippen LogP contribution in [-0.4, -0.2) is 0 Å². The first kappa shape index (κ1) is 10.7. The summed E-state index contributed by atoms with van der Waals surface area (Å²) in [6.07, 6.45) is 6.77. The molecule has 0 atom stereocenters. The number of rotatable bonds is 0. The van der Waals surface area contributed by atoms with Gasteiger partial charge in [-0.1, -0.05) is 30.5 Å². The van der Waals surface area contributed by atoms with E-state index in [0.29, 0.717) is 0 Å². The lowest BCUT2D eigenvalue weighted by Gasteiger charge is -2.01. The maximum absolute atomic E-state index is 11.4. The summed E-state index contributed by atoms with van der Waals surface area (Å²) in [4.78, 5) is 11.4. The maximum atomic E-state index is 11.4. The molecule has 15 heavy (non-hydrogen) atoms. The minimum atomic E-state index is 0.0683. The van der Waals surface area contributed by atoms with E-state index in [2.05, 4.69) is 0 Å². The van der Waals surface area contributed by atoms with Crippen LogP contribution in [0.1, 0.15) is 36.8 Å². The number of aryl methyl sites for hydroxylation is 2. The van der Waals surface area contributed by atoms with Crippen LogP contribution in [0.4, 0.5) is 0 Å². The van der Waals surface area contributed by atoms with E-state index in [4.69, 9.17) is 11.6 Å². The molecule has 1 aliphatic rings. The fraction of sp³-hybridized carbons (Fsp3) is 0.462. The molecule has 0 unspecified atom stereocenters. The molecule has 1 aromatic carbocycles. The summed E-state index contributed by atoms with van der Waals surface area (Å²) in [5.41, 5.74) is 2.23. The van der Waals surface area contributed by atoms with E-state index in [9.17, 15) is 4.79 Å². The average molecular weight is 223 g/mol. The highest BCUT2D eigenvalue weighted by Crippen LogP contribution is 2.24. The molecule has 1 aromatic rings. The predicted molar refractivity (Wildman–Crippen MR) is 63.6 cm³/mol. The van der Waals surface area contributed by atoms with Crippen molar-refractivity contribution >= 4 is 11.6 Å². The zero-order valence-corrected chi connectivity index (χ0v) is 9.52. The largest absolute Gasteiger partial charge is 0.290 e. The zero-order chi connectivity index (χ0) is 10.7. The van der Waals surface area contributed by atoms with Crippen LogP contribution in [0.15, 0.2) is 23.0 Å². The molecule has 0 heterocycles. The highest BCUT2D eigenvalue weighted by atomic mass is 35.5. The molecular weight excluding hydrogens is 208 g/mol. The van der Waals surface area contributed by atoms with Gasteiger partial charge in [-0.3, -0.25) is 4.79 Å². The van der Waals surface area contributed by atoms with Crippen molar-refractivity contribution in [3.63, 3.8) is 0 Å². The lowest BCUT2D eigenvalue weighted by molar-refractivity contribution is 0.648. The predicted octanol–water partition coefficient (Wildman–Crippen LogP) is 3.36. The van der Waals surface area contributed by atoms with Crippen molar-refractivity contribution in [2.75, 3.05) is 0 Å². The summed E-state index contributed by atoms with van der Waals surface area (Å²) in [5, 5.41) is 0.819. The molecule has 0 aliphatic heterocycles.